The molecule has 0 aliphatic carbocycles. The van der Waals surface area contributed by atoms with Crippen LogP contribution in [0.25, 0.3) is 17.0 Å². The smallest absolute Gasteiger partial charge is 0.298 e. The zero-order chi connectivity index (χ0) is 23.8. The number of imide groups is 1. The molecule has 170 valence electrons. The Morgan fingerprint density at radius 3 is 2.41 bits per heavy atom. The highest BCUT2D eigenvalue weighted by molar-refractivity contribution is 8.19. The third-order valence-electron chi connectivity index (χ3n) is 6.06. The van der Waals surface area contributed by atoms with Gasteiger partial charge in [-0.05, 0) is 54.9 Å². The maximum Gasteiger partial charge on any atom is 0.298 e. The Kier molecular flexibility index (Phi) is 5.84. The summed E-state index contributed by atoms with van der Waals surface area (Å²) in [6.45, 7) is 4.42. The minimum Gasteiger partial charge on any atom is -0.342 e. The number of benzene rings is 3. The molecule has 0 N–H and O–H groups in total. The Morgan fingerprint density at radius 2 is 1.68 bits per heavy atom. The fourth-order valence-corrected chi connectivity index (χ4v) is 5.16. The van der Waals surface area contributed by atoms with E-state index < -0.39 is 0 Å². The second-order valence-electron chi connectivity index (χ2n) is 8.32. The van der Waals surface area contributed by atoms with Crippen molar-refractivity contribution < 1.29 is 14.0 Å². The number of carbonyl (C=O) groups is 2. The molecule has 1 aliphatic rings. The third-order valence-corrected chi connectivity index (χ3v) is 6.93. The van der Waals surface area contributed by atoms with Gasteiger partial charge in [0.05, 0.1) is 22.7 Å². The Balaban J connectivity index is 1.58. The highest BCUT2D eigenvalue weighted by Crippen LogP contribution is 2.37. The van der Waals surface area contributed by atoms with Crippen LogP contribution in [0.15, 0.2) is 77.8 Å². The summed E-state index contributed by atoms with van der Waals surface area (Å²) in [6.07, 6.45) is 4.54. The van der Waals surface area contributed by atoms with Gasteiger partial charge in [-0.2, -0.15) is 0 Å². The monoisotopic (exact) mass is 470 g/mol. The number of carbonyl (C=O) groups excluding carboxylic acids is 2. The summed E-state index contributed by atoms with van der Waals surface area (Å²) in [5.74, 6) is -0.584. The molecule has 1 aliphatic heterocycles. The molecule has 0 unspecified atom stereocenters. The van der Waals surface area contributed by atoms with Crippen molar-refractivity contribution in [2.45, 2.75) is 26.8 Å². The molecule has 0 saturated carbocycles. The molecule has 1 fully saturated rings. The highest BCUT2D eigenvalue weighted by Gasteiger charge is 2.36. The van der Waals surface area contributed by atoms with Crippen molar-refractivity contribution in [3.8, 4) is 0 Å². The van der Waals surface area contributed by atoms with E-state index in [4.69, 9.17) is 0 Å². The summed E-state index contributed by atoms with van der Waals surface area (Å²) < 4.78 is 16.4. The maximum absolute atomic E-state index is 14.4. The highest BCUT2D eigenvalue weighted by atomic mass is 32.2. The van der Waals surface area contributed by atoms with Gasteiger partial charge in [0.15, 0.2) is 0 Å². The molecule has 6 heteroatoms. The van der Waals surface area contributed by atoms with Crippen molar-refractivity contribution in [1.29, 1.82) is 0 Å². The molecule has 0 spiro atoms. The van der Waals surface area contributed by atoms with Crippen molar-refractivity contribution in [2.75, 3.05) is 4.90 Å². The number of fused-ring (bicyclic) bond motifs is 1. The van der Waals surface area contributed by atoms with E-state index in [1.807, 2.05) is 48.0 Å². The van der Waals surface area contributed by atoms with Crippen LogP contribution < -0.4 is 4.90 Å². The number of hydrogen-bond donors (Lipinski definition) is 0. The van der Waals surface area contributed by atoms with Gasteiger partial charge in [0.25, 0.3) is 11.1 Å². The van der Waals surface area contributed by atoms with E-state index in [2.05, 4.69) is 13.0 Å². The molecule has 0 atom stereocenters. The van der Waals surface area contributed by atoms with Gasteiger partial charge in [-0.3, -0.25) is 9.59 Å². The van der Waals surface area contributed by atoms with Gasteiger partial charge in [0.1, 0.15) is 5.82 Å². The van der Waals surface area contributed by atoms with E-state index in [0.29, 0.717) is 22.7 Å². The number of aryl methyl sites for hydroxylation is 2. The summed E-state index contributed by atoms with van der Waals surface area (Å²) in [5.41, 5.74) is 5.19. The normalized spacial score (nSPS) is 15.1. The lowest BCUT2D eigenvalue weighted by molar-refractivity contribution is -0.113. The van der Waals surface area contributed by atoms with Gasteiger partial charge < -0.3 is 4.57 Å². The Labute approximate surface area is 201 Å². The second kappa shape index (κ2) is 8.95. The lowest BCUT2D eigenvalue weighted by atomic mass is 10.1. The molecule has 4 aromatic rings. The lowest BCUT2D eigenvalue weighted by Gasteiger charge is -2.12. The van der Waals surface area contributed by atoms with E-state index in [-0.39, 0.29) is 17.0 Å². The first-order chi connectivity index (χ1) is 16.5. The van der Waals surface area contributed by atoms with Crippen LogP contribution in [0, 0.1) is 12.7 Å². The molecule has 0 bridgehead atoms. The van der Waals surface area contributed by atoms with E-state index >= 15 is 0 Å². The number of aromatic nitrogens is 1. The standard InChI is InChI=1S/C28H23FN2O2S/c1-3-19-8-6-9-23-21(17-30(26(19)23)16-20-7-4-5-10-24(20)29)15-25-27(32)31(28(33)34-25)22-13-11-18(2)12-14-22/h4-15,17H,3,16H2,1-2H3/b25-15-. The molecule has 1 aromatic heterocycles. The van der Waals surface area contributed by atoms with Crippen LogP contribution in [0.3, 0.4) is 0 Å². The predicted molar refractivity (Wildman–Crippen MR) is 136 cm³/mol. The Hall–Kier alpha value is -3.64. The molecule has 2 amide bonds. The predicted octanol–water partition coefficient (Wildman–Crippen LogP) is 6.94. The van der Waals surface area contributed by atoms with Crippen molar-refractivity contribution in [3.63, 3.8) is 0 Å². The SMILES string of the molecule is CCc1cccc2c(/C=C3\SC(=O)N(c4ccc(C)cc4)C3=O)cn(Cc3ccccc3F)c12. The molecule has 3 aromatic carbocycles. The lowest BCUT2D eigenvalue weighted by Crippen LogP contribution is -2.27. The fraction of sp³-hybridized carbons (Fsp3) is 0.143. The number of rotatable bonds is 5. The maximum atomic E-state index is 14.4. The third kappa shape index (κ3) is 3.94. The van der Waals surface area contributed by atoms with Crippen molar-refractivity contribution in [1.82, 2.24) is 4.57 Å². The molecule has 5 rings (SSSR count). The number of anilines is 1. The average Bonchev–Trinajstić information content (AvgIpc) is 3.32. The number of hydrogen-bond acceptors (Lipinski definition) is 3. The van der Waals surface area contributed by atoms with Gasteiger partial charge >= 0.3 is 0 Å². The molecule has 34 heavy (non-hydrogen) atoms. The van der Waals surface area contributed by atoms with Crippen molar-refractivity contribution in [2.24, 2.45) is 0 Å². The molecule has 4 nitrogen and oxygen atoms in total. The molecular formula is C28H23FN2O2S. The zero-order valence-corrected chi connectivity index (χ0v) is 19.7. The van der Waals surface area contributed by atoms with Crippen LogP contribution in [0.2, 0.25) is 0 Å². The minimum absolute atomic E-state index is 0.251. The summed E-state index contributed by atoms with van der Waals surface area (Å²) in [5, 5.41) is 0.655. The van der Waals surface area contributed by atoms with Gasteiger partial charge in [0, 0.05) is 22.7 Å². The van der Waals surface area contributed by atoms with E-state index in [9.17, 15) is 14.0 Å². The number of thioether (sulfide) groups is 1. The van der Waals surface area contributed by atoms with Gasteiger partial charge in [0.2, 0.25) is 0 Å². The van der Waals surface area contributed by atoms with Crippen LogP contribution in [-0.2, 0) is 17.8 Å². The quantitative estimate of drug-likeness (QED) is 0.297. The fourth-order valence-electron chi connectivity index (χ4n) is 4.33. The summed E-state index contributed by atoms with van der Waals surface area (Å²) in [4.78, 5) is 27.5. The summed E-state index contributed by atoms with van der Waals surface area (Å²) in [7, 11) is 0. The van der Waals surface area contributed by atoms with E-state index in [0.717, 1.165) is 45.8 Å². The molecule has 0 radical (unpaired) electrons. The molecular weight excluding hydrogens is 447 g/mol. The minimum atomic E-state index is -0.333. The summed E-state index contributed by atoms with van der Waals surface area (Å²) in [6, 6.07) is 20.1. The molecule has 2 heterocycles. The van der Waals surface area contributed by atoms with Gasteiger partial charge in [-0.15, -0.1) is 0 Å². The van der Waals surface area contributed by atoms with E-state index in [1.165, 1.54) is 11.0 Å². The first kappa shape index (κ1) is 22.2. The first-order valence-corrected chi connectivity index (χ1v) is 12.0. The summed E-state index contributed by atoms with van der Waals surface area (Å²) >= 11 is 0.939. The van der Waals surface area contributed by atoms with Crippen LogP contribution in [-0.4, -0.2) is 15.7 Å². The van der Waals surface area contributed by atoms with E-state index in [1.54, 1.807) is 30.3 Å². The van der Waals surface area contributed by atoms with Crippen LogP contribution >= 0.6 is 11.8 Å². The number of amides is 2. The van der Waals surface area contributed by atoms with Gasteiger partial charge in [-0.25, -0.2) is 9.29 Å². The zero-order valence-electron chi connectivity index (χ0n) is 18.9. The number of para-hydroxylation sites is 1. The van der Waals surface area contributed by atoms with Crippen molar-refractivity contribution >= 4 is 45.6 Å². The Morgan fingerprint density at radius 1 is 0.941 bits per heavy atom. The first-order valence-electron chi connectivity index (χ1n) is 11.1. The number of halogens is 1. The van der Waals surface area contributed by atoms with Crippen LogP contribution in [0.4, 0.5) is 14.9 Å². The van der Waals surface area contributed by atoms with Crippen LogP contribution in [0.1, 0.15) is 29.2 Å². The Bertz CT molecular complexity index is 1450. The average molecular weight is 471 g/mol. The second-order valence-corrected chi connectivity index (χ2v) is 9.32. The molecule has 1 saturated heterocycles. The largest absolute Gasteiger partial charge is 0.342 e. The number of nitrogens with zero attached hydrogens (tertiary/aromatic N) is 2. The topological polar surface area (TPSA) is 42.3 Å². The van der Waals surface area contributed by atoms with Crippen LogP contribution in [0.5, 0.6) is 0 Å². The van der Waals surface area contributed by atoms with Crippen molar-refractivity contribution in [3.05, 3.63) is 106 Å². The van der Waals surface area contributed by atoms with Gasteiger partial charge in [-0.1, -0.05) is 61.0 Å².